The third-order valence-corrected chi connectivity index (χ3v) is 3.58. The molecule has 0 saturated heterocycles. The molecule has 4 heteroatoms. The standard InChI is InChI=1S/C17H19N3O/c1-12-3-8-16-19-15(9-10-18)17(20(16)11-12)13-4-6-14(21-2)7-5-13/h3-8,11H,9-10,18H2,1-2H3. The van der Waals surface area contributed by atoms with Gasteiger partial charge in [-0.05, 0) is 49.4 Å². The van der Waals surface area contributed by atoms with E-state index in [0.717, 1.165) is 34.8 Å². The van der Waals surface area contributed by atoms with Crippen LogP contribution in [-0.2, 0) is 6.42 Å². The van der Waals surface area contributed by atoms with E-state index in [1.54, 1.807) is 7.11 Å². The number of fused-ring (bicyclic) bond motifs is 1. The molecule has 0 aliphatic carbocycles. The zero-order valence-electron chi connectivity index (χ0n) is 12.3. The van der Waals surface area contributed by atoms with E-state index >= 15 is 0 Å². The van der Waals surface area contributed by atoms with E-state index < -0.39 is 0 Å². The van der Waals surface area contributed by atoms with Gasteiger partial charge in [-0.1, -0.05) is 6.07 Å². The molecule has 0 amide bonds. The number of aryl methyl sites for hydroxylation is 1. The molecule has 0 spiro atoms. The Morgan fingerprint density at radius 1 is 1.14 bits per heavy atom. The lowest BCUT2D eigenvalue weighted by molar-refractivity contribution is 0.415. The third kappa shape index (κ3) is 2.50. The monoisotopic (exact) mass is 281 g/mol. The second-order valence-corrected chi connectivity index (χ2v) is 5.11. The van der Waals surface area contributed by atoms with Gasteiger partial charge in [-0.2, -0.15) is 0 Å². The van der Waals surface area contributed by atoms with Crippen molar-refractivity contribution in [1.82, 2.24) is 9.38 Å². The van der Waals surface area contributed by atoms with E-state index in [1.165, 1.54) is 5.56 Å². The number of benzene rings is 1. The van der Waals surface area contributed by atoms with Crippen LogP contribution < -0.4 is 10.5 Å². The van der Waals surface area contributed by atoms with Gasteiger partial charge in [0, 0.05) is 18.2 Å². The molecular formula is C17H19N3O. The normalized spacial score (nSPS) is 11.0. The topological polar surface area (TPSA) is 52.5 Å². The molecule has 0 aliphatic heterocycles. The van der Waals surface area contributed by atoms with Crippen LogP contribution in [0.4, 0.5) is 0 Å². The number of nitrogens with zero attached hydrogens (tertiary/aromatic N) is 2. The fourth-order valence-electron chi connectivity index (χ4n) is 2.57. The Morgan fingerprint density at radius 3 is 2.57 bits per heavy atom. The molecule has 0 unspecified atom stereocenters. The number of nitrogens with two attached hydrogens (primary N) is 1. The molecule has 3 rings (SSSR count). The van der Waals surface area contributed by atoms with Gasteiger partial charge in [0.05, 0.1) is 18.5 Å². The Hall–Kier alpha value is -2.33. The number of hydrogen-bond donors (Lipinski definition) is 1. The summed E-state index contributed by atoms with van der Waals surface area (Å²) in [7, 11) is 1.67. The van der Waals surface area contributed by atoms with Gasteiger partial charge in [0.15, 0.2) is 0 Å². The van der Waals surface area contributed by atoms with Crippen molar-refractivity contribution in [3.05, 3.63) is 53.9 Å². The van der Waals surface area contributed by atoms with Gasteiger partial charge < -0.3 is 10.5 Å². The van der Waals surface area contributed by atoms with Gasteiger partial charge in [-0.15, -0.1) is 0 Å². The van der Waals surface area contributed by atoms with Crippen LogP contribution in [0.2, 0.25) is 0 Å². The minimum absolute atomic E-state index is 0.589. The highest BCUT2D eigenvalue weighted by molar-refractivity contribution is 5.68. The maximum atomic E-state index is 5.74. The average molecular weight is 281 g/mol. The number of aromatic nitrogens is 2. The molecule has 0 saturated carbocycles. The van der Waals surface area contributed by atoms with Crippen LogP contribution in [0, 0.1) is 6.92 Å². The van der Waals surface area contributed by atoms with Gasteiger partial charge >= 0.3 is 0 Å². The van der Waals surface area contributed by atoms with Crippen molar-refractivity contribution in [2.24, 2.45) is 5.73 Å². The first kappa shape index (κ1) is 13.6. The van der Waals surface area contributed by atoms with Gasteiger partial charge in [0.25, 0.3) is 0 Å². The highest BCUT2D eigenvalue weighted by Crippen LogP contribution is 2.27. The summed E-state index contributed by atoms with van der Waals surface area (Å²) in [5.41, 5.74) is 11.2. The number of methoxy groups -OCH3 is 1. The molecule has 0 aliphatic rings. The highest BCUT2D eigenvalue weighted by atomic mass is 16.5. The van der Waals surface area contributed by atoms with E-state index in [1.807, 2.05) is 18.2 Å². The van der Waals surface area contributed by atoms with E-state index in [-0.39, 0.29) is 0 Å². The summed E-state index contributed by atoms with van der Waals surface area (Å²) in [5, 5.41) is 0. The summed E-state index contributed by atoms with van der Waals surface area (Å²) < 4.78 is 7.37. The predicted molar refractivity (Wildman–Crippen MR) is 84.7 cm³/mol. The largest absolute Gasteiger partial charge is 0.497 e. The maximum absolute atomic E-state index is 5.74. The van der Waals surface area contributed by atoms with Crippen molar-refractivity contribution in [2.45, 2.75) is 13.3 Å². The number of imidazole rings is 1. The summed E-state index contributed by atoms with van der Waals surface area (Å²) >= 11 is 0. The van der Waals surface area contributed by atoms with Crippen molar-refractivity contribution in [1.29, 1.82) is 0 Å². The zero-order chi connectivity index (χ0) is 14.8. The van der Waals surface area contributed by atoms with Gasteiger partial charge in [-0.3, -0.25) is 4.40 Å². The van der Waals surface area contributed by atoms with E-state index in [4.69, 9.17) is 15.5 Å². The summed E-state index contributed by atoms with van der Waals surface area (Å²) in [6.07, 6.45) is 2.88. The lowest BCUT2D eigenvalue weighted by Gasteiger charge is -2.07. The van der Waals surface area contributed by atoms with Crippen molar-refractivity contribution >= 4 is 5.65 Å². The molecule has 0 atom stereocenters. The third-order valence-electron chi connectivity index (χ3n) is 3.58. The van der Waals surface area contributed by atoms with Crippen LogP contribution in [0.1, 0.15) is 11.3 Å². The predicted octanol–water partition coefficient (Wildman–Crippen LogP) is 2.82. The molecule has 0 radical (unpaired) electrons. The first-order valence-electron chi connectivity index (χ1n) is 7.05. The van der Waals surface area contributed by atoms with E-state index in [2.05, 4.69) is 35.7 Å². The Morgan fingerprint density at radius 2 is 1.90 bits per heavy atom. The summed E-state index contributed by atoms with van der Waals surface area (Å²) in [6.45, 7) is 2.67. The number of hydrogen-bond acceptors (Lipinski definition) is 3. The molecule has 2 aromatic heterocycles. The number of rotatable bonds is 4. The lowest BCUT2D eigenvalue weighted by atomic mass is 10.1. The minimum atomic E-state index is 0.589. The van der Waals surface area contributed by atoms with Crippen molar-refractivity contribution in [3.8, 4) is 17.0 Å². The van der Waals surface area contributed by atoms with Crippen LogP contribution in [0.5, 0.6) is 5.75 Å². The number of pyridine rings is 1. The van der Waals surface area contributed by atoms with Crippen LogP contribution in [0.3, 0.4) is 0 Å². The molecule has 2 N–H and O–H groups in total. The second kappa shape index (κ2) is 5.58. The molecular weight excluding hydrogens is 262 g/mol. The summed E-state index contributed by atoms with van der Waals surface area (Å²) in [6, 6.07) is 12.2. The Labute approximate surface area is 124 Å². The van der Waals surface area contributed by atoms with Crippen LogP contribution in [-0.4, -0.2) is 23.0 Å². The van der Waals surface area contributed by atoms with Crippen molar-refractivity contribution in [3.63, 3.8) is 0 Å². The van der Waals surface area contributed by atoms with Crippen LogP contribution in [0.25, 0.3) is 16.9 Å². The van der Waals surface area contributed by atoms with Crippen molar-refractivity contribution < 1.29 is 4.74 Å². The van der Waals surface area contributed by atoms with Crippen molar-refractivity contribution in [2.75, 3.05) is 13.7 Å². The quantitative estimate of drug-likeness (QED) is 0.800. The molecule has 0 fully saturated rings. The van der Waals surface area contributed by atoms with Crippen LogP contribution in [0.15, 0.2) is 42.6 Å². The van der Waals surface area contributed by atoms with Gasteiger partial charge in [0.1, 0.15) is 11.4 Å². The fraction of sp³-hybridized carbons (Fsp3) is 0.235. The SMILES string of the molecule is COc1ccc(-c2c(CCN)nc3ccc(C)cn23)cc1. The zero-order valence-corrected chi connectivity index (χ0v) is 12.3. The Kier molecular flexibility index (Phi) is 3.62. The second-order valence-electron chi connectivity index (χ2n) is 5.11. The molecule has 3 aromatic rings. The first-order chi connectivity index (χ1) is 10.2. The summed E-state index contributed by atoms with van der Waals surface area (Å²) in [5.74, 6) is 0.851. The first-order valence-corrected chi connectivity index (χ1v) is 7.05. The fourth-order valence-corrected chi connectivity index (χ4v) is 2.57. The lowest BCUT2D eigenvalue weighted by Crippen LogP contribution is -2.04. The Bertz CT molecular complexity index is 760. The molecule has 21 heavy (non-hydrogen) atoms. The highest BCUT2D eigenvalue weighted by Gasteiger charge is 2.13. The molecule has 2 heterocycles. The van der Waals surface area contributed by atoms with E-state index in [9.17, 15) is 0 Å². The van der Waals surface area contributed by atoms with E-state index in [0.29, 0.717) is 6.54 Å². The molecule has 1 aromatic carbocycles. The smallest absolute Gasteiger partial charge is 0.137 e. The molecule has 0 bridgehead atoms. The van der Waals surface area contributed by atoms with Crippen LogP contribution >= 0.6 is 0 Å². The van der Waals surface area contributed by atoms with Gasteiger partial charge in [0.2, 0.25) is 0 Å². The van der Waals surface area contributed by atoms with Gasteiger partial charge in [-0.25, -0.2) is 4.98 Å². The minimum Gasteiger partial charge on any atom is -0.497 e. The summed E-state index contributed by atoms with van der Waals surface area (Å²) in [4.78, 5) is 4.71. The average Bonchev–Trinajstić information content (AvgIpc) is 2.85. The Balaban J connectivity index is 2.21. The number of ether oxygens (including phenoxy) is 1. The maximum Gasteiger partial charge on any atom is 0.137 e. The molecule has 4 nitrogen and oxygen atoms in total. The molecule has 108 valence electrons.